The molecule has 1 aromatic heterocycles. The minimum Gasteiger partial charge on any atom is -0.462 e. The van der Waals surface area contributed by atoms with Crippen LogP contribution in [0.15, 0.2) is 40.8 Å². The van der Waals surface area contributed by atoms with Gasteiger partial charge in [-0.1, -0.05) is 63.4 Å². The summed E-state index contributed by atoms with van der Waals surface area (Å²) in [6.07, 6.45) is 4.49. The van der Waals surface area contributed by atoms with Gasteiger partial charge in [0.25, 0.3) is 0 Å². The van der Waals surface area contributed by atoms with Crippen molar-refractivity contribution in [2.24, 2.45) is 0 Å². The molecule has 2 rings (SSSR count). The summed E-state index contributed by atoms with van der Waals surface area (Å²) in [6, 6.07) is 12.7. The zero-order valence-corrected chi connectivity index (χ0v) is 16.9. The third kappa shape index (κ3) is 5.72. The number of hydrogen-bond acceptors (Lipinski definition) is 3. The van der Waals surface area contributed by atoms with E-state index >= 15 is 0 Å². The van der Waals surface area contributed by atoms with E-state index in [1.54, 1.807) is 0 Å². The van der Waals surface area contributed by atoms with Crippen molar-refractivity contribution in [2.45, 2.75) is 78.5 Å². The number of benzene rings is 1. The van der Waals surface area contributed by atoms with Crippen LogP contribution in [0, 0.1) is 6.92 Å². The number of rotatable bonds is 11. The first-order valence-corrected chi connectivity index (χ1v) is 10.1. The summed E-state index contributed by atoms with van der Waals surface area (Å²) in [7, 11) is 0. The predicted octanol–water partition coefficient (Wildman–Crippen LogP) is 5.79. The normalized spacial score (nSPS) is 12.1. The van der Waals surface area contributed by atoms with E-state index in [0.29, 0.717) is 0 Å². The number of aryl methyl sites for hydroxylation is 1. The van der Waals surface area contributed by atoms with Crippen LogP contribution in [0.1, 0.15) is 75.5 Å². The van der Waals surface area contributed by atoms with Crippen LogP contribution in [0.4, 0.5) is 0 Å². The van der Waals surface area contributed by atoms with E-state index < -0.39 is 5.60 Å². The first-order chi connectivity index (χ1) is 12.5. The molecule has 26 heavy (non-hydrogen) atoms. The molecule has 3 nitrogen and oxygen atoms in total. The Balaban J connectivity index is 2.09. The summed E-state index contributed by atoms with van der Waals surface area (Å²) >= 11 is 0. The van der Waals surface area contributed by atoms with Crippen molar-refractivity contribution in [1.29, 1.82) is 0 Å². The highest BCUT2D eigenvalue weighted by atomic mass is 16.4. The number of nitrogens with zero attached hydrogens (tertiary/aromatic N) is 1. The first kappa shape index (κ1) is 20.7. The summed E-state index contributed by atoms with van der Waals surface area (Å²) in [5.41, 5.74) is 1.79. The SMILES string of the molecule is CCCN(Cc1ccc(C)cc1)Cc1ccc(C(O)(CCC)CCC)o1. The van der Waals surface area contributed by atoms with Crippen molar-refractivity contribution < 1.29 is 9.52 Å². The van der Waals surface area contributed by atoms with Gasteiger partial charge >= 0.3 is 0 Å². The fourth-order valence-corrected chi connectivity index (χ4v) is 3.61. The molecule has 0 saturated heterocycles. The number of aliphatic hydroxyl groups is 1. The lowest BCUT2D eigenvalue weighted by Crippen LogP contribution is -2.25. The van der Waals surface area contributed by atoms with Gasteiger partial charge in [-0.3, -0.25) is 4.90 Å². The van der Waals surface area contributed by atoms with Crippen LogP contribution in [0.2, 0.25) is 0 Å². The molecule has 0 bridgehead atoms. The molecule has 2 aromatic rings. The minimum absolute atomic E-state index is 0.725. The Morgan fingerprint density at radius 3 is 2.12 bits per heavy atom. The van der Waals surface area contributed by atoms with Crippen LogP contribution in [0.3, 0.4) is 0 Å². The highest BCUT2D eigenvalue weighted by Crippen LogP contribution is 2.33. The molecule has 0 radical (unpaired) electrons. The van der Waals surface area contributed by atoms with E-state index in [2.05, 4.69) is 56.9 Å². The molecular weight excluding hydrogens is 322 g/mol. The summed E-state index contributed by atoms with van der Waals surface area (Å²) in [6.45, 7) is 11.2. The Labute approximate surface area is 159 Å². The Bertz CT molecular complexity index is 638. The smallest absolute Gasteiger partial charge is 0.135 e. The zero-order valence-electron chi connectivity index (χ0n) is 16.9. The van der Waals surface area contributed by atoms with Crippen molar-refractivity contribution in [3.63, 3.8) is 0 Å². The Kier molecular flexibility index (Phi) is 7.92. The van der Waals surface area contributed by atoms with E-state index in [1.165, 1.54) is 11.1 Å². The van der Waals surface area contributed by atoms with Crippen LogP contribution in [0.25, 0.3) is 0 Å². The van der Waals surface area contributed by atoms with Crippen molar-refractivity contribution in [1.82, 2.24) is 4.90 Å². The highest BCUT2D eigenvalue weighted by molar-refractivity contribution is 5.21. The molecular formula is C23H35NO2. The average Bonchev–Trinajstić information content (AvgIpc) is 3.07. The van der Waals surface area contributed by atoms with Crippen LogP contribution in [-0.2, 0) is 18.7 Å². The quantitative estimate of drug-likeness (QED) is 0.553. The van der Waals surface area contributed by atoms with Gasteiger partial charge in [0.15, 0.2) is 0 Å². The van der Waals surface area contributed by atoms with E-state index in [-0.39, 0.29) is 0 Å². The van der Waals surface area contributed by atoms with Gasteiger partial charge in [0, 0.05) is 6.54 Å². The standard InChI is InChI=1S/C23H35NO2/c1-5-14-23(25,15-6-2)22-13-12-21(26-22)18-24(16-7-3)17-20-10-8-19(4)9-11-20/h8-13,25H,5-7,14-18H2,1-4H3. The monoisotopic (exact) mass is 357 g/mol. The molecule has 0 atom stereocenters. The second-order valence-corrected chi connectivity index (χ2v) is 7.49. The maximum Gasteiger partial charge on any atom is 0.135 e. The fraction of sp³-hybridized carbons (Fsp3) is 0.565. The maximum absolute atomic E-state index is 11.0. The molecule has 0 aliphatic heterocycles. The second-order valence-electron chi connectivity index (χ2n) is 7.49. The third-order valence-corrected chi connectivity index (χ3v) is 4.89. The first-order valence-electron chi connectivity index (χ1n) is 10.1. The van der Waals surface area contributed by atoms with Gasteiger partial charge < -0.3 is 9.52 Å². The molecule has 0 aliphatic carbocycles. The Morgan fingerprint density at radius 1 is 0.885 bits per heavy atom. The minimum atomic E-state index is -0.825. The van der Waals surface area contributed by atoms with Gasteiger partial charge in [0.2, 0.25) is 0 Å². The highest BCUT2D eigenvalue weighted by Gasteiger charge is 2.31. The largest absolute Gasteiger partial charge is 0.462 e. The molecule has 0 spiro atoms. The summed E-state index contributed by atoms with van der Waals surface area (Å²) in [5, 5.41) is 11.0. The lowest BCUT2D eigenvalue weighted by Gasteiger charge is -2.25. The Morgan fingerprint density at radius 2 is 1.54 bits per heavy atom. The second kappa shape index (κ2) is 9.94. The lowest BCUT2D eigenvalue weighted by molar-refractivity contribution is -0.00520. The van der Waals surface area contributed by atoms with Gasteiger partial charge in [-0.05, 0) is 50.4 Å². The number of hydrogen-bond donors (Lipinski definition) is 1. The molecule has 0 fully saturated rings. The van der Waals surface area contributed by atoms with Gasteiger partial charge in [-0.25, -0.2) is 0 Å². The predicted molar refractivity (Wildman–Crippen MR) is 108 cm³/mol. The summed E-state index contributed by atoms with van der Waals surface area (Å²) in [4.78, 5) is 2.41. The van der Waals surface area contributed by atoms with Crippen molar-refractivity contribution in [3.8, 4) is 0 Å². The van der Waals surface area contributed by atoms with Crippen molar-refractivity contribution in [3.05, 3.63) is 59.0 Å². The van der Waals surface area contributed by atoms with Gasteiger partial charge in [-0.15, -0.1) is 0 Å². The molecule has 1 heterocycles. The van der Waals surface area contributed by atoms with E-state index in [9.17, 15) is 5.11 Å². The van der Waals surface area contributed by atoms with Gasteiger partial charge in [0.05, 0.1) is 6.54 Å². The average molecular weight is 358 g/mol. The van der Waals surface area contributed by atoms with Gasteiger partial charge in [-0.2, -0.15) is 0 Å². The fourth-order valence-electron chi connectivity index (χ4n) is 3.61. The molecule has 0 saturated carbocycles. The Hall–Kier alpha value is -1.58. The maximum atomic E-state index is 11.0. The molecule has 1 N–H and O–H groups in total. The lowest BCUT2D eigenvalue weighted by atomic mass is 9.90. The van der Waals surface area contributed by atoms with E-state index in [1.807, 2.05) is 12.1 Å². The van der Waals surface area contributed by atoms with Crippen LogP contribution < -0.4 is 0 Å². The molecule has 1 aromatic carbocycles. The summed E-state index contributed by atoms with van der Waals surface area (Å²) < 4.78 is 6.10. The van der Waals surface area contributed by atoms with Crippen LogP contribution in [-0.4, -0.2) is 16.6 Å². The van der Waals surface area contributed by atoms with Gasteiger partial charge in [0.1, 0.15) is 17.1 Å². The number of furan rings is 1. The molecule has 0 aliphatic rings. The van der Waals surface area contributed by atoms with E-state index in [0.717, 1.165) is 63.3 Å². The molecule has 0 unspecified atom stereocenters. The third-order valence-electron chi connectivity index (χ3n) is 4.89. The zero-order chi connectivity index (χ0) is 19.0. The summed E-state index contributed by atoms with van der Waals surface area (Å²) in [5.74, 6) is 1.66. The van der Waals surface area contributed by atoms with Crippen molar-refractivity contribution in [2.75, 3.05) is 6.54 Å². The molecule has 144 valence electrons. The topological polar surface area (TPSA) is 36.6 Å². The van der Waals surface area contributed by atoms with Crippen LogP contribution >= 0.6 is 0 Å². The van der Waals surface area contributed by atoms with Crippen LogP contribution in [0.5, 0.6) is 0 Å². The molecule has 3 heteroatoms. The van der Waals surface area contributed by atoms with E-state index in [4.69, 9.17) is 4.42 Å². The molecule has 0 amide bonds. The van der Waals surface area contributed by atoms with Crippen molar-refractivity contribution >= 4 is 0 Å².